The van der Waals surface area contributed by atoms with Crippen molar-refractivity contribution in [2.24, 2.45) is 0 Å². The summed E-state index contributed by atoms with van der Waals surface area (Å²) >= 11 is 0. The number of ether oxygens (including phenoxy) is 2. The van der Waals surface area contributed by atoms with Crippen molar-refractivity contribution in [2.45, 2.75) is 174 Å². The summed E-state index contributed by atoms with van der Waals surface area (Å²) in [6, 6.07) is 0. The molecule has 0 aromatic carbocycles. The van der Waals surface area contributed by atoms with Gasteiger partial charge in [0.1, 0.15) is 19.8 Å². The van der Waals surface area contributed by atoms with E-state index in [-0.39, 0.29) is 26.1 Å². The second-order valence-electron chi connectivity index (χ2n) is 15.9. The van der Waals surface area contributed by atoms with Crippen LogP contribution in [0.1, 0.15) is 162 Å². The predicted octanol–water partition coefficient (Wildman–Crippen LogP) is 11.4. The Morgan fingerprint density at radius 3 is 1.81 bits per heavy atom. The van der Waals surface area contributed by atoms with Crippen LogP contribution < -0.4 is 0 Å². The zero-order valence-corrected chi connectivity index (χ0v) is 37.6. The second kappa shape index (κ2) is 37.9. The molecule has 0 aliphatic heterocycles. The minimum atomic E-state index is -4.40. The summed E-state index contributed by atoms with van der Waals surface area (Å²) in [5.74, 6) is -0.866. The van der Waals surface area contributed by atoms with Gasteiger partial charge in [0.15, 0.2) is 6.10 Å². The van der Waals surface area contributed by atoms with E-state index in [1.807, 2.05) is 45.4 Å². The van der Waals surface area contributed by atoms with Crippen LogP contribution >= 0.6 is 7.82 Å². The fraction of sp³-hybridized carbons (Fsp3) is 0.739. The number of aliphatic hydroxyl groups is 1. The van der Waals surface area contributed by atoms with Crippen LogP contribution in [0.2, 0.25) is 0 Å². The summed E-state index contributed by atoms with van der Waals surface area (Å²) in [7, 11) is 1.42. The average Bonchev–Trinajstić information content (AvgIpc) is 3.15. The lowest BCUT2D eigenvalue weighted by Crippen LogP contribution is -2.37. The molecule has 0 aliphatic carbocycles. The topological polar surface area (TPSA) is 129 Å². The third-order valence-electron chi connectivity index (χ3n) is 9.11. The van der Waals surface area contributed by atoms with Crippen LogP contribution in [0.5, 0.6) is 0 Å². The molecule has 11 heteroatoms. The summed E-state index contributed by atoms with van der Waals surface area (Å²) in [5.41, 5.74) is 0. The van der Waals surface area contributed by atoms with E-state index in [0.717, 1.165) is 77.0 Å². The molecule has 0 spiro atoms. The molecule has 0 saturated heterocycles. The number of carbonyl (C=O) groups is 2. The summed E-state index contributed by atoms with van der Waals surface area (Å²) < 4.78 is 34.2. The molecular formula is C46H83NO9P+. The Morgan fingerprint density at radius 1 is 0.649 bits per heavy atom. The molecule has 2 unspecified atom stereocenters. The molecule has 0 radical (unpaired) electrons. The van der Waals surface area contributed by atoms with Crippen molar-refractivity contribution < 1.29 is 47.2 Å². The molecule has 3 atom stereocenters. The highest BCUT2D eigenvalue weighted by Gasteiger charge is 2.27. The molecule has 2 N–H and O–H groups in total. The van der Waals surface area contributed by atoms with Gasteiger partial charge in [0.2, 0.25) is 0 Å². The lowest BCUT2D eigenvalue weighted by atomic mass is 10.1. The highest BCUT2D eigenvalue weighted by atomic mass is 31.2. The van der Waals surface area contributed by atoms with Gasteiger partial charge in [0, 0.05) is 12.8 Å². The maximum Gasteiger partial charge on any atom is 0.472 e. The van der Waals surface area contributed by atoms with Crippen LogP contribution in [0.4, 0.5) is 0 Å². The summed E-state index contributed by atoms with van der Waals surface area (Å²) in [4.78, 5) is 35.4. The molecule has 0 heterocycles. The van der Waals surface area contributed by atoms with Gasteiger partial charge in [-0.2, -0.15) is 0 Å². The van der Waals surface area contributed by atoms with Crippen LogP contribution in [0.25, 0.3) is 0 Å². The summed E-state index contributed by atoms with van der Waals surface area (Å²) in [6.45, 7) is 4.12. The molecule has 0 aromatic heterocycles. The molecule has 0 saturated carbocycles. The highest BCUT2D eigenvalue weighted by Crippen LogP contribution is 2.43. The van der Waals surface area contributed by atoms with Gasteiger partial charge >= 0.3 is 19.8 Å². The number of aliphatic hydroxyl groups excluding tert-OH is 1. The van der Waals surface area contributed by atoms with Gasteiger partial charge in [-0.3, -0.25) is 18.6 Å². The van der Waals surface area contributed by atoms with Gasteiger partial charge in [-0.1, -0.05) is 139 Å². The number of likely N-dealkylation sites (N-methyl/N-ethyl adjacent to an activating group) is 1. The van der Waals surface area contributed by atoms with Crippen molar-refractivity contribution in [1.82, 2.24) is 0 Å². The Kier molecular flexibility index (Phi) is 36.4. The molecule has 0 fully saturated rings. The monoisotopic (exact) mass is 825 g/mol. The number of unbranched alkanes of at least 4 members (excludes halogenated alkanes) is 15. The first kappa shape index (κ1) is 54.7. The molecule has 57 heavy (non-hydrogen) atoms. The fourth-order valence-electron chi connectivity index (χ4n) is 5.61. The lowest BCUT2D eigenvalue weighted by molar-refractivity contribution is -0.870. The van der Waals surface area contributed by atoms with Crippen molar-refractivity contribution >= 4 is 19.8 Å². The predicted molar refractivity (Wildman–Crippen MR) is 235 cm³/mol. The van der Waals surface area contributed by atoms with Crippen molar-refractivity contribution in [2.75, 3.05) is 47.5 Å². The number of hydrogen-bond donors (Lipinski definition) is 2. The zero-order valence-electron chi connectivity index (χ0n) is 36.7. The highest BCUT2D eigenvalue weighted by molar-refractivity contribution is 7.47. The molecule has 10 nitrogen and oxygen atoms in total. The molecule has 330 valence electrons. The standard InChI is InChI=1S/C46H82NO9P/c1-6-8-10-11-12-13-14-15-16-17-18-19-20-23-26-29-33-37-45(49)53-41-44(42-55-57(51,52)54-40-39-47(3,4)5)56-46(50)38-34-30-27-24-21-22-25-28-32-36-43(48)35-31-9-7-2/h9,12-13,15-16,25,28,31-32,36,43-44,48H,6-8,10-11,14,17-24,26-27,29-30,33-35,37-42H2,1-5H3/p+1/b13-12-,16-15-,28-25+,31-9+,36-32+/t43?,44-/m1/s1. The SMILES string of the molecule is CC/C=C/CC(O)/C=C/C=C/CCCCCCCC(=O)O[C@H](COC(=O)CCCCCCCCC/C=C\C/C=C\CCCCC)COP(=O)(O)OCC[N+](C)(C)C. The first-order chi connectivity index (χ1) is 27.4. The van der Waals surface area contributed by atoms with Gasteiger partial charge in [-0.15, -0.1) is 0 Å². The third-order valence-corrected chi connectivity index (χ3v) is 10.1. The molecule has 0 bridgehead atoms. The maximum absolute atomic E-state index is 12.7. The van der Waals surface area contributed by atoms with Crippen LogP contribution in [-0.4, -0.2) is 86.1 Å². The summed E-state index contributed by atoms with van der Waals surface area (Å²) in [5, 5.41) is 9.89. The van der Waals surface area contributed by atoms with Crippen LogP contribution in [0.15, 0.2) is 60.8 Å². The quantitative estimate of drug-likeness (QED) is 0.0155. The largest absolute Gasteiger partial charge is 0.472 e. The van der Waals surface area contributed by atoms with E-state index in [0.29, 0.717) is 23.9 Å². The van der Waals surface area contributed by atoms with Gasteiger partial charge in [-0.05, 0) is 70.6 Å². The molecular weight excluding hydrogens is 741 g/mol. The van der Waals surface area contributed by atoms with E-state index >= 15 is 0 Å². The van der Waals surface area contributed by atoms with E-state index < -0.39 is 38.6 Å². The smallest absolute Gasteiger partial charge is 0.462 e. The number of hydrogen-bond acceptors (Lipinski definition) is 8. The Labute approximate surface area is 348 Å². The number of phosphoric acid groups is 1. The van der Waals surface area contributed by atoms with E-state index in [1.165, 1.54) is 44.9 Å². The van der Waals surface area contributed by atoms with Gasteiger partial charge in [0.25, 0.3) is 0 Å². The normalized spacial score (nSPS) is 14.7. The number of carbonyl (C=O) groups excluding carboxylic acids is 2. The van der Waals surface area contributed by atoms with E-state index in [4.69, 9.17) is 18.5 Å². The van der Waals surface area contributed by atoms with Crippen molar-refractivity contribution in [3.8, 4) is 0 Å². The van der Waals surface area contributed by atoms with E-state index in [2.05, 4.69) is 44.2 Å². The summed E-state index contributed by atoms with van der Waals surface area (Å²) in [6.07, 6.45) is 41.6. The van der Waals surface area contributed by atoms with Crippen LogP contribution in [0, 0.1) is 0 Å². The third kappa shape index (κ3) is 41.6. The van der Waals surface area contributed by atoms with Crippen molar-refractivity contribution in [3.63, 3.8) is 0 Å². The molecule has 0 aromatic rings. The number of esters is 2. The van der Waals surface area contributed by atoms with Gasteiger partial charge in [0.05, 0.1) is 33.9 Å². The van der Waals surface area contributed by atoms with Crippen LogP contribution in [-0.2, 0) is 32.7 Å². The minimum absolute atomic E-state index is 0.0140. The first-order valence-electron chi connectivity index (χ1n) is 22.1. The first-order valence-corrected chi connectivity index (χ1v) is 23.6. The molecule has 0 rings (SSSR count). The number of phosphoric ester groups is 1. The molecule has 0 aliphatic rings. The number of nitrogens with zero attached hydrogens (tertiary/aromatic N) is 1. The Balaban J connectivity index is 4.44. The Morgan fingerprint density at radius 2 is 1.21 bits per heavy atom. The molecule has 0 amide bonds. The van der Waals surface area contributed by atoms with E-state index in [1.54, 1.807) is 6.08 Å². The number of allylic oxidation sites excluding steroid dienone is 8. The minimum Gasteiger partial charge on any atom is -0.462 e. The number of quaternary nitrogens is 1. The van der Waals surface area contributed by atoms with Crippen molar-refractivity contribution in [3.05, 3.63) is 60.8 Å². The van der Waals surface area contributed by atoms with Gasteiger partial charge in [-0.25, -0.2) is 4.57 Å². The Bertz CT molecular complexity index is 1170. The van der Waals surface area contributed by atoms with Gasteiger partial charge < -0.3 is 24.0 Å². The maximum atomic E-state index is 12.7. The fourth-order valence-corrected chi connectivity index (χ4v) is 6.35. The second-order valence-corrected chi connectivity index (χ2v) is 17.3. The average molecular weight is 825 g/mol. The van der Waals surface area contributed by atoms with E-state index in [9.17, 15) is 24.2 Å². The Hall–Kier alpha value is -2.33. The lowest BCUT2D eigenvalue weighted by Gasteiger charge is -2.24. The van der Waals surface area contributed by atoms with Crippen LogP contribution in [0.3, 0.4) is 0 Å². The number of rotatable bonds is 39. The zero-order chi connectivity index (χ0) is 42.3. The van der Waals surface area contributed by atoms with Crippen molar-refractivity contribution in [1.29, 1.82) is 0 Å².